The summed E-state index contributed by atoms with van der Waals surface area (Å²) in [5, 5.41) is 12.4. The Labute approximate surface area is 192 Å². The number of ketones is 1. The third-order valence-corrected chi connectivity index (χ3v) is 6.21. The van der Waals surface area contributed by atoms with Crippen molar-refractivity contribution in [3.8, 4) is 11.1 Å². The fourth-order valence-corrected chi connectivity index (χ4v) is 4.29. The van der Waals surface area contributed by atoms with Crippen LogP contribution in [-0.2, 0) is 19.1 Å². The first-order valence-electron chi connectivity index (χ1n) is 11.1. The second-order valence-electron chi connectivity index (χ2n) is 8.47. The van der Waals surface area contributed by atoms with Crippen molar-refractivity contribution in [2.75, 3.05) is 13.2 Å². The number of Topliss-reactive ketones (excluding diaryl/α,β-unsaturated/α-hetero) is 1. The molecule has 1 aliphatic carbocycles. The van der Waals surface area contributed by atoms with E-state index in [0.717, 1.165) is 11.1 Å². The summed E-state index contributed by atoms with van der Waals surface area (Å²) in [5.74, 6) is -3.36. The normalized spacial score (nSPS) is 20.2. The van der Waals surface area contributed by atoms with Crippen LogP contribution >= 0.6 is 0 Å². The Bertz CT molecular complexity index is 1050. The number of hydrogen-bond donors (Lipinski definition) is 2. The van der Waals surface area contributed by atoms with Crippen molar-refractivity contribution in [3.05, 3.63) is 71.8 Å². The summed E-state index contributed by atoms with van der Waals surface area (Å²) in [4.78, 5) is 37.2. The molecule has 0 aromatic heterocycles. The number of ether oxygens (including phenoxy) is 2. The molecule has 1 saturated heterocycles. The predicted octanol–water partition coefficient (Wildman–Crippen LogP) is 3.60. The molecule has 0 unspecified atom stereocenters. The van der Waals surface area contributed by atoms with Crippen LogP contribution in [0.5, 0.6) is 0 Å². The standard InChI is InChI=1S/C26H27NO6/c1-17(27-24(29)20-9-7-19(8-10-20)18-5-3-2-4-6-18)23(28)15-21-11-12-26(32-13-14-33-26)16-22(21)25(30)31/h2-11,17,22H,12-16H2,1H3,(H,27,29)(H,30,31)/t17-,22-/m1/s1. The van der Waals surface area contributed by atoms with E-state index in [1.807, 2.05) is 42.5 Å². The van der Waals surface area contributed by atoms with E-state index in [-0.39, 0.29) is 24.5 Å². The average Bonchev–Trinajstić information content (AvgIpc) is 3.28. The molecule has 1 fully saturated rings. The van der Waals surface area contributed by atoms with Crippen molar-refractivity contribution in [1.82, 2.24) is 5.32 Å². The van der Waals surface area contributed by atoms with E-state index in [0.29, 0.717) is 30.8 Å². The van der Waals surface area contributed by atoms with Crippen LogP contribution in [0.1, 0.15) is 36.5 Å². The zero-order chi connectivity index (χ0) is 23.4. The van der Waals surface area contributed by atoms with E-state index in [2.05, 4.69) is 5.32 Å². The van der Waals surface area contributed by atoms with Crippen molar-refractivity contribution >= 4 is 17.7 Å². The number of hydrogen-bond acceptors (Lipinski definition) is 5. The molecule has 7 nitrogen and oxygen atoms in total. The third kappa shape index (κ3) is 5.21. The molecule has 172 valence electrons. The van der Waals surface area contributed by atoms with E-state index < -0.39 is 23.7 Å². The lowest BCUT2D eigenvalue weighted by Gasteiger charge is -2.34. The van der Waals surface area contributed by atoms with Crippen molar-refractivity contribution in [1.29, 1.82) is 0 Å². The van der Waals surface area contributed by atoms with Gasteiger partial charge >= 0.3 is 5.97 Å². The predicted molar refractivity (Wildman–Crippen MR) is 122 cm³/mol. The number of aliphatic carboxylic acids is 1. The molecular weight excluding hydrogens is 422 g/mol. The van der Waals surface area contributed by atoms with Crippen LogP contribution in [0.4, 0.5) is 0 Å². The molecule has 2 aromatic carbocycles. The Morgan fingerprint density at radius 2 is 1.67 bits per heavy atom. The lowest BCUT2D eigenvalue weighted by Crippen LogP contribution is -2.41. The third-order valence-electron chi connectivity index (χ3n) is 6.21. The van der Waals surface area contributed by atoms with E-state index in [9.17, 15) is 19.5 Å². The van der Waals surface area contributed by atoms with Crippen LogP contribution in [0.15, 0.2) is 66.2 Å². The molecule has 0 bridgehead atoms. The highest BCUT2D eigenvalue weighted by atomic mass is 16.7. The molecule has 1 heterocycles. The molecule has 2 atom stereocenters. The number of amides is 1. The second-order valence-corrected chi connectivity index (χ2v) is 8.47. The Hall–Kier alpha value is -3.29. The van der Waals surface area contributed by atoms with Gasteiger partial charge in [-0.25, -0.2) is 0 Å². The zero-order valence-corrected chi connectivity index (χ0v) is 18.5. The summed E-state index contributed by atoms with van der Waals surface area (Å²) < 4.78 is 11.3. The number of carboxylic acids is 1. The minimum atomic E-state index is -1.01. The van der Waals surface area contributed by atoms with Crippen molar-refractivity contribution in [2.45, 2.75) is 38.0 Å². The smallest absolute Gasteiger partial charge is 0.310 e. The monoisotopic (exact) mass is 449 g/mol. The SMILES string of the molecule is C[C@@H](NC(=O)c1ccc(-c2ccccc2)cc1)C(=O)CC1=CCC2(C[C@H]1C(=O)O)OCCO2. The molecule has 2 aliphatic rings. The molecule has 1 amide bonds. The van der Waals surface area contributed by atoms with Gasteiger partial charge in [-0.15, -0.1) is 0 Å². The van der Waals surface area contributed by atoms with Gasteiger partial charge in [0.25, 0.3) is 5.91 Å². The summed E-state index contributed by atoms with van der Waals surface area (Å²) in [6.45, 7) is 2.48. The largest absolute Gasteiger partial charge is 0.481 e. The van der Waals surface area contributed by atoms with Gasteiger partial charge in [-0.3, -0.25) is 14.4 Å². The van der Waals surface area contributed by atoms with Crippen molar-refractivity contribution < 1.29 is 29.0 Å². The zero-order valence-electron chi connectivity index (χ0n) is 18.5. The molecule has 2 aromatic rings. The average molecular weight is 450 g/mol. The van der Waals surface area contributed by atoms with E-state index in [4.69, 9.17) is 9.47 Å². The quantitative estimate of drug-likeness (QED) is 0.627. The minimum absolute atomic E-state index is 0.0402. The molecule has 0 radical (unpaired) electrons. The highest BCUT2D eigenvalue weighted by molar-refractivity contribution is 5.98. The summed E-state index contributed by atoms with van der Waals surface area (Å²) in [6, 6.07) is 16.3. The topological polar surface area (TPSA) is 102 Å². The lowest BCUT2D eigenvalue weighted by molar-refractivity contribution is -0.177. The molecule has 1 aliphatic heterocycles. The van der Waals surface area contributed by atoms with E-state index in [1.165, 1.54) is 0 Å². The fourth-order valence-electron chi connectivity index (χ4n) is 4.29. The summed E-state index contributed by atoms with van der Waals surface area (Å²) in [7, 11) is 0. The number of carbonyl (C=O) groups is 3. The Morgan fingerprint density at radius 3 is 2.30 bits per heavy atom. The van der Waals surface area contributed by atoms with Crippen LogP contribution in [0, 0.1) is 5.92 Å². The van der Waals surface area contributed by atoms with Gasteiger partial charge in [0, 0.05) is 24.8 Å². The molecule has 4 rings (SSSR count). The minimum Gasteiger partial charge on any atom is -0.481 e. The van der Waals surface area contributed by atoms with Gasteiger partial charge in [0.15, 0.2) is 11.6 Å². The lowest BCUT2D eigenvalue weighted by atomic mass is 9.81. The summed E-state index contributed by atoms with van der Waals surface area (Å²) in [6.07, 6.45) is 2.29. The maximum Gasteiger partial charge on any atom is 0.310 e. The first-order valence-corrected chi connectivity index (χ1v) is 11.1. The molecule has 0 saturated carbocycles. The number of nitrogens with one attached hydrogen (secondary N) is 1. The number of carboxylic acid groups (broad SMARTS) is 1. The highest BCUT2D eigenvalue weighted by Gasteiger charge is 2.44. The van der Waals surface area contributed by atoms with Gasteiger partial charge in [-0.1, -0.05) is 54.1 Å². The molecule has 1 spiro atoms. The molecule has 33 heavy (non-hydrogen) atoms. The van der Waals surface area contributed by atoms with Crippen LogP contribution in [0.25, 0.3) is 11.1 Å². The molecule has 7 heteroatoms. The summed E-state index contributed by atoms with van der Waals surface area (Å²) in [5.41, 5.74) is 3.03. The Balaban J connectivity index is 1.37. The fraction of sp³-hybridized carbons (Fsp3) is 0.346. The van der Waals surface area contributed by atoms with E-state index >= 15 is 0 Å². The van der Waals surface area contributed by atoms with Crippen LogP contribution in [0.3, 0.4) is 0 Å². The first-order chi connectivity index (χ1) is 15.9. The van der Waals surface area contributed by atoms with Crippen LogP contribution < -0.4 is 5.32 Å². The van der Waals surface area contributed by atoms with Gasteiger partial charge in [-0.05, 0) is 30.2 Å². The Kier molecular flexibility index (Phi) is 6.72. The molecule has 2 N–H and O–H groups in total. The van der Waals surface area contributed by atoms with Gasteiger partial charge in [0.2, 0.25) is 0 Å². The van der Waals surface area contributed by atoms with Crippen molar-refractivity contribution in [2.24, 2.45) is 5.92 Å². The first kappa shape index (κ1) is 22.9. The number of benzene rings is 2. The number of rotatable bonds is 7. The molecular formula is C26H27NO6. The van der Waals surface area contributed by atoms with Gasteiger partial charge in [-0.2, -0.15) is 0 Å². The van der Waals surface area contributed by atoms with Gasteiger partial charge < -0.3 is 19.9 Å². The van der Waals surface area contributed by atoms with Gasteiger partial charge in [0.1, 0.15) is 0 Å². The van der Waals surface area contributed by atoms with Crippen LogP contribution in [0.2, 0.25) is 0 Å². The number of carbonyl (C=O) groups excluding carboxylic acids is 2. The summed E-state index contributed by atoms with van der Waals surface area (Å²) >= 11 is 0. The van der Waals surface area contributed by atoms with Crippen molar-refractivity contribution in [3.63, 3.8) is 0 Å². The maximum atomic E-state index is 12.8. The highest BCUT2D eigenvalue weighted by Crippen LogP contribution is 2.39. The van der Waals surface area contributed by atoms with E-state index in [1.54, 1.807) is 25.1 Å². The van der Waals surface area contributed by atoms with Crippen LogP contribution in [-0.4, -0.2) is 47.8 Å². The second kappa shape index (κ2) is 9.68. The van der Waals surface area contributed by atoms with Gasteiger partial charge in [0.05, 0.1) is 25.2 Å². The Morgan fingerprint density at radius 1 is 1.03 bits per heavy atom. The maximum absolute atomic E-state index is 12.8.